The molecule has 2 aromatic rings. The molecule has 0 amide bonds. The van der Waals surface area contributed by atoms with Crippen LogP contribution in [-0.2, 0) is 22.4 Å². The lowest BCUT2D eigenvalue weighted by atomic mass is 9.90. The molecule has 3 rings (SSSR count). The topological polar surface area (TPSA) is 65.7 Å². The van der Waals surface area contributed by atoms with Crippen molar-refractivity contribution in [2.45, 2.75) is 32.6 Å². The molecule has 0 N–H and O–H groups in total. The van der Waals surface area contributed by atoms with E-state index in [0.29, 0.717) is 11.3 Å². The normalized spacial score (nSPS) is 13.7. The first-order chi connectivity index (χ1) is 10.6. The lowest BCUT2D eigenvalue weighted by Crippen LogP contribution is -2.16. The summed E-state index contributed by atoms with van der Waals surface area (Å²) in [7, 11) is 1.31. The zero-order valence-corrected chi connectivity index (χ0v) is 12.7. The molecule has 1 heterocycles. The van der Waals surface area contributed by atoms with Crippen LogP contribution >= 0.6 is 0 Å². The van der Waals surface area contributed by atoms with E-state index in [1.807, 2.05) is 19.1 Å². The van der Waals surface area contributed by atoms with E-state index in [1.54, 1.807) is 0 Å². The van der Waals surface area contributed by atoms with E-state index in [4.69, 9.17) is 9.15 Å². The van der Waals surface area contributed by atoms with E-state index in [9.17, 15) is 9.59 Å². The maximum atomic E-state index is 12.2. The van der Waals surface area contributed by atoms with Crippen molar-refractivity contribution < 1.29 is 18.7 Å². The molecule has 0 saturated heterocycles. The minimum absolute atomic E-state index is 0.169. The maximum absolute atomic E-state index is 12.2. The van der Waals surface area contributed by atoms with Crippen molar-refractivity contribution in [3.63, 3.8) is 0 Å². The first-order valence-corrected chi connectivity index (χ1v) is 7.39. The Morgan fingerprint density at radius 2 is 1.95 bits per heavy atom. The van der Waals surface area contributed by atoms with Crippen LogP contribution in [0, 0.1) is 6.92 Å². The summed E-state index contributed by atoms with van der Waals surface area (Å²) in [6, 6.07) is 3.72. The molecular formula is C17H18O5. The Hall–Kier alpha value is -2.30. The van der Waals surface area contributed by atoms with Crippen LogP contribution in [0.25, 0.3) is 11.0 Å². The number of methoxy groups -OCH3 is 1. The molecule has 0 spiro atoms. The second kappa shape index (κ2) is 5.83. The van der Waals surface area contributed by atoms with Gasteiger partial charge in [-0.05, 0) is 50.3 Å². The molecule has 0 bridgehead atoms. The minimum atomic E-state index is -0.452. The fourth-order valence-corrected chi connectivity index (χ4v) is 2.98. The highest BCUT2D eigenvalue weighted by atomic mass is 16.6. The molecule has 0 aliphatic heterocycles. The Kier molecular flexibility index (Phi) is 3.88. The van der Waals surface area contributed by atoms with Crippen molar-refractivity contribution in [3.05, 3.63) is 39.2 Å². The van der Waals surface area contributed by atoms with Gasteiger partial charge in [0.25, 0.3) is 0 Å². The fourth-order valence-electron chi connectivity index (χ4n) is 2.98. The maximum Gasteiger partial charge on any atom is 0.343 e. The third-order valence-electron chi connectivity index (χ3n) is 4.16. The second-order valence-corrected chi connectivity index (χ2v) is 5.48. The highest BCUT2D eigenvalue weighted by molar-refractivity contribution is 5.86. The van der Waals surface area contributed by atoms with Gasteiger partial charge in [-0.3, -0.25) is 0 Å². The van der Waals surface area contributed by atoms with E-state index >= 15 is 0 Å². The fraction of sp³-hybridized carbons (Fsp3) is 0.412. The Bertz CT molecular complexity index is 788. The van der Waals surface area contributed by atoms with Gasteiger partial charge in [0, 0.05) is 16.5 Å². The molecule has 0 unspecified atom stereocenters. The summed E-state index contributed by atoms with van der Waals surface area (Å²) in [5, 5.41) is 0.970. The number of esters is 1. The van der Waals surface area contributed by atoms with Crippen LogP contribution in [0.2, 0.25) is 0 Å². The molecule has 0 fully saturated rings. The lowest BCUT2D eigenvalue weighted by Gasteiger charge is -2.17. The third-order valence-corrected chi connectivity index (χ3v) is 4.16. The van der Waals surface area contributed by atoms with Crippen LogP contribution in [0.5, 0.6) is 5.75 Å². The summed E-state index contributed by atoms with van der Waals surface area (Å²) < 4.78 is 15.5. The van der Waals surface area contributed by atoms with Crippen molar-refractivity contribution in [2.75, 3.05) is 13.7 Å². The Morgan fingerprint density at radius 1 is 1.23 bits per heavy atom. The number of rotatable bonds is 3. The van der Waals surface area contributed by atoms with Gasteiger partial charge in [0.1, 0.15) is 11.3 Å². The number of hydrogen-bond acceptors (Lipinski definition) is 5. The predicted molar refractivity (Wildman–Crippen MR) is 81.4 cm³/mol. The van der Waals surface area contributed by atoms with Crippen LogP contribution in [0.3, 0.4) is 0 Å². The van der Waals surface area contributed by atoms with Crippen molar-refractivity contribution in [3.8, 4) is 5.75 Å². The van der Waals surface area contributed by atoms with Gasteiger partial charge in [0.15, 0.2) is 6.61 Å². The average Bonchev–Trinajstić information content (AvgIpc) is 2.55. The van der Waals surface area contributed by atoms with Gasteiger partial charge in [-0.1, -0.05) is 0 Å². The van der Waals surface area contributed by atoms with Crippen LogP contribution in [0.4, 0.5) is 0 Å². The predicted octanol–water partition coefficient (Wildman–Crippen LogP) is 2.53. The van der Waals surface area contributed by atoms with E-state index in [0.717, 1.165) is 47.8 Å². The summed E-state index contributed by atoms with van der Waals surface area (Å²) in [6.07, 6.45) is 3.81. The molecule has 22 heavy (non-hydrogen) atoms. The summed E-state index contributed by atoms with van der Waals surface area (Å²) in [4.78, 5) is 23.4. The second-order valence-electron chi connectivity index (χ2n) is 5.48. The Balaban J connectivity index is 2.08. The molecule has 5 heteroatoms. The first kappa shape index (κ1) is 14.6. The standard InChI is InChI=1S/C17H18O5/c1-10-14(21-9-15(18)20-2)8-7-12-11-5-3-4-6-13(11)17(19)22-16(10)12/h7-8H,3-6,9H2,1-2H3. The van der Waals surface area contributed by atoms with Crippen molar-refractivity contribution in [1.29, 1.82) is 0 Å². The van der Waals surface area contributed by atoms with Crippen LogP contribution < -0.4 is 10.4 Å². The third kappa shape index (κ3) is 2.47. The lowest BCUT2D eigenvalue weighted by molar-refractivity contribution is -0.142. The molecule has 0 atom stereocenters. The molecule has 1 aliphatic carbocycles. The number of hydrogen-bond donors (Lipinski definition) is 0. The zero-order valence-electron chi connectivity index (χ0n) is 12.7. The minimum Gasteiger partial charge on any atom is -0.481 e. The smallest absolute Gasteiger partial charge is 0.343 e. The van der Waals surface area contributed by atoms with Gasteiger partial charge in [0.2, 0.25) is 0 Å². The van der Waals surface area contributed by atoms with Crippen LogP contribution in [0.15, 0.2) is 21.3 Å². The number of aryl methyl sites for hydroxylation is 2. The molecule has 0 saturated carbocycles. The van der Waals surface area contributed by atoms with Gasteiger partial charge in [0.05, 0.1) is 7.11 Å². The van der Waals surface area contributed by atoms with Gasteiger partial charge in [-0.25, -0.2) is 9.59 Å². The monoisotopic (exact) mass is 302 g/mol. The van der Waals surface area contributed by atoms with Crippen molar-refractivity contribution in [2.24, 2.45) is 0 Å². The molecule has 116 valence electrons. The summed E-state index contributed by atoms with van der Waals surface area (Å²) in [6.45, 7) is 1.66. The number of benzene rings is 1. The van der Waals surface area contributed by atoms with Gasteiger partial charge < -0.3 is 13.9 Å². The quantitative estimate of drug-likeness (QED) is 0.644. The molecule has 1 aliphatic rings. The molecule has 1 aromatic heterocycles. The summed E-state index contributed by atoms with van der Waals surface area (Å²) in [5.74, 6) is 0.0724. The summed E-state index contributed by atoms with van der Waals surface area (Å²) in [5.41, 5.74) is 2.93. The largest absolute Gasteiger partial charge is 0.481 e. The van der Waals surface area contributed by atoms with Gasteiger partial charge >= 0.3 is 11.6 Å². The zero-order chi connectivity index (χ0) is 15.7. The highest BCUT2D eigenvalue weighted by Gasteiger charge is 2.20. The van der Waals surface area contributed by atoms with Gasteiger partial charge in [-0.15, -0.1) is 0 Å². The number of ether oxygens (including phenoxy) is 2. The molecule has 0 radical (unpaired) electrons. The van der Waals surface area contributed by atoms with E-state index in [1.165, 1.54) is 7.11 Å². The SMILES string of the molecule is COC(=O)COc1ccc2c3c(c(=O)oc2c1C)CCCC3. The molecule has 5 nitrogen and oxygen atoms in total. The van der Waals surface area contributed by atoms with Crippen LogP contribution in [-0.4, -0.2) is 19.7 Å². The van der Waals surface area contributed by atoms with E-state index in [-0.39, 0.29) is 12.2 Å². The number of fused-ring (bicyclic) bond motifs is 3. The number of carbonyl (C=O) groups excluding carboxylic acids is 1. The molecule has 1 aromatic carbocycles. The number of carbonyl (C=O) groups is 1. The first-order valence-electron chi connectivity index (χ1n) is 7.39. The summed E-state index contributed by atoms with van der Waals surface area (Å²) >= 11 is 0. The Morgan fingerprint density at radius 3 is 2.68 bits per heavy atom. The highest BCUT2D eigenvalue weighted by Crippen LogP contribution is 2.32. The molecular weight excluding hydrogens is 284 g/mol. The average molecular weight is 302 g/mol. The van der Waals surface area contributed by atoms with Crippen molar-refractivity contribution in [1.82, 2.24) is 0 Å². The Labute approximate surface area is 127 Å². The van der Waals surface area contributed by atoms with Crippen LogP contribution in [0.1, 0.15) is 29.5 Å². The van der Waals surface area contributed by atoms with Gasteiger partial charge in [-0.2, -0.15) is 0 Å². The van der Waals surface area contributed by atoms with E-state index < -0.39 is 5.97 Å². The van der Waals surface area contributed by atoms with Crippen molar-refractivity contribution >= 4 is 16.9 Å². The van der Waals surface area contributed by atoms with E-state index in [2.05, 4.69) is 4.74 Å².